The summed E-state index contributed by atoms with van der Waals surface area (Å²) in [6.45, 7) is 30.0. The number of hydrogen-bond donors (Lipinski definition) is 0. The lowest BCUT2D eigenvalue weighted by molar-refractivity contribution is 0.254. The van der Waals surface area contributed by atoms with E-state index in [-0.39, 0.29) is 0 Å². The summed E-state index contributed by atoms with van der Waals surface area (Å²) in [6.07, 6.45) is 0. The molecule has 0 N–H and O–H groups in total. The molecule has 0 bridgehead atoms. The van der Waals surface area contributed by atoms with Gasteiger partial charge in [-0.1, -0.05) is 83.1 Å². The summed E-state index contributed by atoms with van der Waals surface area (Å²) in [5.74, 6) is 0. The Balaban J connectivity index is 2.26. The third-order valence-corrected chi connectivity index (χ3v) is 7.62. The average molecular weight is 277 g/mol. The summed E-state index contributed by atoms with van der Waals surface area (Å²) >= 11 is 0. The minimum absolute atomic E-state index is 0.417. The molecular weight excluding hydrogens is 240 g/mol. The molecule has 0 aromatic rings. The van der Waals surface area contributed by atoms with Crippen molar-refractivity contribution in [3.63, 3.8) is 0 Å². The van der Waals surface area contributed by atoms with Crippen molar-refractivity contribution in [2.24, 2.45) is 43.3 Å². The summed E-state index contributed by atoms with van der Waals surface area (Å²) in [6, 6.07) is 0. The standard InChI is InChI=1S/C20H36/c1-13(2,3)17-18(14(4,5)6)19(17,15(7,8)9)20(17,18)16(10,11)12/h1-12H3. The molecule has 0 saturated heterocycles. The van der Waals surface area contributed by atoms with E-state index >= 15 is 0 Å². The topological polar surface area (TPSA) is 0 Å². The van der Waals surface area contributed by atoms with Crippen LogP contribution in [0, 0.1) is 43.3 Å². The van der Waals surface area contributed by atoms with Crippen LogP contribution in [0.4, 0.5) is 0 Å². The van der Waals surface area contributed by atoms with E-state index in [0.717, 1.165) is 0 Å². The van der Waals surface area contributed by atoms with Gasteiger partial charge >= 0.3 is 0 Å². The van der Waals surface area contributed by atoms with Gasteiger partial charge in [-0.3, -0.25) is 0 Å². The van der Waals surface area contributed by atoms with Crippen molar-refractivity contribution in [3.8, 4) is 0 Å². The first-order valence-corrected chi connectivity index (χ1v) is 8.50. The predicted molar refractivity (Wildman–Crippen MR) is 87.6 cm³/mol. The molecule has 0 amide bonds. The van der Waals surface area contributed by atoms with Crippen LogP contribution in [-0.2, 0) is 0 Å². The zero-order valence-electron chi connectivity index (χ0n) is 16.0. The van der Waals surface area contributed by atoms with Crippen LogP contribution in [0.5, 0.6) is 0 Å². The second-order valence-corrected chi connectivity index (χ2v) is 12.0. The zero-order chi connectivity index (χ0) is 16.0. The van der Waals surface area contributed by atoms with E-state index in [4.69, 9.17) is 0 Å². The Labute approximate surface area is 127 Å². The minimum atomic E-state index is 0.417. The molecule has 0 atom stereocenters. The van der Waals surface area contributed by atoms with Gasteiger partial charge in [0.25, 0.3) is 0 Å². The van der Waals surface area contributed by atoms with E-state index in [1.54, 1.807) is 0 Å². The molecule has 0 radical (unpaired) electrons. The van der Waals surface area contributed by atoms with Crippen molar-refractivity contribution in [1.82, 2.24) is 0 Å². The van der Waals surface area contributed by atoms with E-state index in [1.165, 1.54) is 0 Å². The van der Waals surface area contributed by atoms with E-state index in [9.17, 15) is 0 Å². The Morgan fingerprint density at radius 1 is 0.300 bits per heavy atom. The summed E-state index contributed by atoms with van der Waals surface area (Å²) in [5.41, 5.74) is 3.98. The molecule has 4 rings (SSSR count). The van der Waals surface area contributed by atoms with Gasteiger partial charge in [-0.25, -0.2) is 0 Å². The molecule has 0 aromatic heterocycles. The van der Waals surface area contributed by atoms with E-state index in [0.29, 0.717) is 43.3 Å². The fourth-order valence-corrected chi connectivity index (χ4v) is 8.81. The van der Waals surface area contributed by atoms with Gasteiger partial charge in [-0.15, -0.1) is 0 Å². The van der Waals surface area contributed by atoms with E-state index in [2.05, 4.69) is 83.1 Å². The van der Waals surface area contributed by atoms with Crippen LogP contribution in [0.2, 0.25) is 0 Å². The van der Waals surface area contributed by atoms with Crippen molar-refractivity contribution in [3.05, 3.63) is 0 Å². The van der Waals surface area contributed by atoms with Gasteiger partial charge in [0.05, 0.1) is 0 Å². The molecule has 0 heterocycles. The molecule has 0 aliphatic heterocycles. The van der Waals surface area contributed by atoms with Crippen molar-refractivity contribution in [1.29, 1.82) is 0 Å². The third kappa shape index (κ3) is 0.774. The predicted octanol–water partition coefficient (Wildman–Crippen LogP) is 6.16. The summed E-state index contributed by atoms with van der Waals surface area (Å²) < 4.78 is 0. The Kier molecular flexibility index (Phi) is 1.99. The summed E-state index contributed by atoms with van der Waals surface area (Å²) in [5, 5.41) is 0. The van der Waals surface area contributed by atoms with Crippen molar-refractivity contribution in [2.45, 2.75) is 83.1 Å². The minimum Gasteiger partial charge on any atom is -0.0596 e. The molecule has 0 unspecified atom stereocenters. The fraction of sp³-hybridized carbons (Fsp3) is 1.00. The van der Waals surface area contributed by atoms with Gasteiger partial charge in [0.2, 0.25) is 0 Å². The van der Waals surface area contributed by atoms with E-state index < -0.39 is 0 Å². The van der Waals surface area contributed by atoms with Crippen LogP contribution in [0.25, 0.3) is 0 Å². The highest BCUT2D eigenvalue weighted by molar-refractivity contribution is 5.84. The number of hydrogen-bond acceptors (Lipinski definition) is 0. The Morgan fingerprint density at radius 3 is 0.450 bits per heavy atom. The smallest absolute Gasteiger partial charge is 0.00288 e. The highest BCUT2D eigenvalue weighted by atomic mass is 15.4. The molecule has 0 aromatic carbocycles. The normalized spacial score (nSPS) is 49.8. The lowest BCUT2D eigenvalue weighted by Gasteiger charge is -2.23. The second-order valence-electron chi connectivity index (χ2n) is 12.0. The molecule has 0 spiro atoms. The largest absolute Gasteiger partial charge is 0.0596 e. The molecule has 4 aliphatic carbocycles. The van der Waals surface area contributed by atoms with Gasteiger partial charge in [-0.2, -0.15) is 0 Å². The van der Waals surface area contributed by atoms with Crippen LogP contribution >= 0.6 is 0 Å². The van der Waals surface area contributed by atoms with Crippen LogP contribution in [0.15, 0.2) is 0 Å². The first kappa shape index (κ1) is 14.9. The lowest BCUT2D eigenvalue weighted by Crippen LogP contribution is -2.16. The highest BCUT2D eigenvalue weighted by Gasteiger charge is 3.39. The van der Waals surface area contributed by atoms with Crippen molar-refractivity contribution in [2.75, 3.05) is 0 Å². The van der Waals surface area contributed by atoms with Gasteiger partial charge in [-0.05, 0) is 43.3 Å². The Morgan fingerprint density at radius 2 is 0.400 bits per heavy atom. The highest BCUT2D eigenvalue weighted by Crippen LogP contribution is 3.41. The molecule has 4 fully saturated rings. The van der Waals surface area contributed by atoms with Gasteiger partial charge < -0.3 is 0 Å². The average Bonchev–Trinajstić information content (AvgIpc) is 2.93. The summed E-state index contributed by atoms with van der Waals surface area (Å²) in [7, 11) is 0. The molecule has 116 valence electrons. The second kappa shape index (κ2) is 2.67. The van der Waals surface area contributed by atoms with Gasteiger partial charge in [0, 0.05) is 0 Å². The summed E-state index contributed by atoms with van der Waals surface area (Å²) in [4.78, 5) is 0. The van der Waals surface area contributed by atoms with Gasteiger partial charge in [0.15, 0.2) is 0 Å². The molecule has 0 heteroatoms. The van der Waals surface area contributed by atoms with E-state index in [1.807, 2.05) is 0 Å². The Bertz CT molecular complexity index is 364. The van der Waals surface area contributed by atoms with Crippen molar-refractivity contribution >= 4 is 0 Å². The first-order valence-electron chi connectivity index (χ1n) is 8.50. The zero-order valence-corrected chi connectivity index (χ0v) is 16.0. The maximum Gasteiger partial charge on any atom is -0.00288 e. The lowest BCUT2D eigenvalue weighted by atomic mass is 9.81. The van der Waals surface area contributed by atoms with Crippen LogP contribution < -0.4 is 0 Å². The molecule has 0 nitrogen and oxygen atoms in total. The quantitative estimate of drug-likeness (QED) is 0.497. The third-order valence-electron chi connectivity index (χ3n) is 7.62. The molecule has 4 saturated carbocycles. The van der Waals surface area contributed by atoms with Crippen LogP contribution in [-0.4, -0.2) is 0 Å². The van der Waals surface area contributed by atoms with Crippen LogP contribution in [0.3, 0.4) is 0 Å². The van der Waals surface area contributed by atoms with Crippen LogP contribution in [0.1, 0.15) is 83.1 Å². The molecule has 4 aliphatic rings. The number of rotatable bonds is 0. The first-order chi connectivity index (χ1) is 8.50. The fourth-order valence-electron chi connectivity index (χ4n) is 8.81. The molecule has 20 heavy (non-hydrogen) atoms. The monoisotopic (exact) mass is 276 g/mol. The maximum atomic E-state index is 2.50. The van der Waals surface area contributed by atoms with Crippen molar-refractivity contribution < 1.29 is 0 Å². The Hall–Kier alpha value is 0. The SMILES string of the molecule is CC(C)(C)C12C3(C(C)(C)C)C1(C(C)(C)C)C23C(C)(C)C. The maximum absolute atomic E-state index is 2.50. The van der Waals surface area contributed by atoms with Gasteiger partial charge in [0.1, 0.15) is 0 Å². The molecular formula is C20H36.